The van der Waals surface area contributed by atoms with E-state index in [4.69, 9.17) is 5.14 Å². The Morgan fingerprint density at radius 2 is 2.00 bits per heavy atom. The lowest BCUT2D eigenvalue weighted by Gasteiger charge is -2.23. The maximum absolute atomic E-state index is 12.3. The van der Waals surface area contributed by atoms with Crippen molar-refractivity contribution in [1.82, 2.24) is 15.2 Å². The maximum Gasteiger partial charge on any atom is 0.238 e. The number of hydrogen-bond donors (Lipinski definition) is 2. The summed E-state index contributed by atoms with van der Waals surface area (Å²) in [7, 11) is -1.77. The van der Waals surface area contributed by atoms with Gasteiger partial charge in [-0.15, -0.1) is 11.3 Å². The Morgan fingerprint density at radius 1 is 1.35 bits per heavy atom. The second kappa shape index (κ2) is 8.72. The van der Waals surface area contributed by atoms with Gasteiger partial charge in [-0.2, -0.15) is 0 Å². The molecule has 0 saturated heterocycles. The molecule has 1 heterocycles. The van der Waals surface area contributed by atoms with Gasteiger partial charge in [0.1, 0.15) is 0 Å². The summed E-state index contributed by atoms with van der Waals surface area (Å²) in [5, 5.41) is 9.00. The average Bonchev–Trinajstić information content (AvgIpc) is 2.98. The number of amides is 1. The topological polar surface area (TPSA) is 105 Å². The van der Waals surface area contributed by atoms with Crippen LogP contribution in [0.5, 0.6) is 0 Å². The molecule has 9 heteroatoms. The molecular formula is C17H24N4O3S2. The van der Waals surface area contributed by atoms with Crippen molar-refractivity contribution in [3.05, 3.63) is 45.9 Å². The van der Waals surface area contributed by atoms with Gasteiger partial charge in [-0.1, -0.05) is 12.1 Å². The second-order valence-corrected chi connectivity index (χ2v) is 9.05. The zero-order valence-corrected chi connectivity index (χ0v) is 16.7. The van der Waals surface area contributed by atoms with Crippen LogP contribution in [0.3, 0.4) is 0 Å². The lowest BCUT2D eigenvalue weighted by atomic mass is 10.1. The van der Waals surface area contributed by atoms with Crippen LogP contribution in [-0.2, 0) is 27.8 Å². The minimum Gasteiger partial charge on any atom is -0.354 e. The number of rotatable bonds is 8. The van der Waals surface area contributed by atoms with Crippen molar-refractivity contribution < 1.29 is 13.2 Å². The first kappa shape index (κ1) is 20.5. The fraction of sp³-hybridized carbons (Fsp3) is 0.412. The minimum absolute atomic E-state index is 0.0464. The smallest absolute Gasteiger partial charge is 0.238 e. The van der Waals surface area contributed by atoms with Gasteiger partial charge >= 0.3 is 0 Å². The van der Waals surface area contributed by atoms with Crippen LogP contribution in [-0.4, -0.2) is 43.8 Å². The van der Waals surface area contributed by atoms with E-state index in [1.165, 1.54) is 12.1 Å². The van der Waals surface area contributed by atoms with E-state index in [2.05, 4.69) is 10.3 Å². The Balaban J connectivity index is 1.80. The van der Waals surface area contributed by atoms with Gasteiger partial charge < -0.3 is 5.32 Å². The first-order valence-electron chi connectivity index (χ1n) is 8.18. The molecule has 2 aromatic rings. The van der Waals surface area contributed by atoms with Gasteiger partial charge in [0.25, 0.3) is 0 Å². The number of nitrogens with two attached hydrogens (primary N) is 1. The molecule has 0 radical (unpaired) electrons. The van der Waals surface area contributed by atoms with Gasteiger partial charge in [-0.05, 0) is 45.0 Å². The van der Waals surface area contributed by atoms with Crippen molar-refractivity contribution in [2.45, 2.75) is 37.8 Å². The van der Waals surface area contributed by atoms with Gasteiger partial charge in [0.05, 0.1) is 15.9 Å². The number of aryl methyl sites for hydroxylation is 1. The molecule has 1 unspecified atom stereocenters. The fourth-order valence-corrected chi connectivity index (χ4v) is 3.76. The fourth-order valence-electron chi connectivity index (χ4n) is 2.38. The molecule has 0 spiro atoms. The number of likely N-dealkylation sites (N-methyl/N-ethyl adjacent to an activating group) is 1. The molecular weight excluding hydrogens is 372 g/mol. The Morgan fingerprint density at radius 3 is 2.54 bits per heavy atom. The first-order chi connectivity index (χ1) is 12.2. The highest BCUT2D eigenvalue weighted by Crippen LogP contribution is 2.14. The number of sulfonamides is 1. The van der Waals surface area contributed by atoms with Gasteiger partial charge in [0.15, 0.2) is 0 Å². The van der Waals surface area contributed by atoms with E-state index in [1.54, 1.807) is 23.5 Å². The summed E-state index contributed by atoms with van der Waals surface area (Å²) >= 11 is 1.63. The number of thiazole rings is 1. The molecule has 1 aromatic heterocycles. The molecule has 26 heavy (non-hydrogen) atoms. The Bertz CT molecular complexity index is 847. The number of benzene rings is 1. The zero-order chi connectivity index (χ0) is 19.3. The van der Waals surface area contributed by atoms with E-state index < -0.39 is 10.0 Å². The molecule has 3 N–H and O–H groups in total. The monoisotopic (exact) mass is 396 g/mol. The number of primary sulfonamides is 1. The van der Waals surface area contributed by atoms with Gasteiger partial charge in [0.2, 0.25) is 15.9 Å². The van der Waals surface area contributed by atoms with Crippen LogP contribution in [0.4, 0.5) is 0 Å². The van der Waals surface area contributed by atoms with Crippen LogP contribution in [0.15, 0.2) is 35.4 Å². The van der Waals surface area contributed by atoms with Crippen LogP contribution in [0, 0.1) is 6.92 Å². The summed E-state index contributed by atoms with van der Waals surface area (Å²) < 4.78 is 22.5. The maximum atomic E-state index is 12.3. The Labute approximate surface area is 158 Å². The summed E-state index contributed by atoms with van der Waals surface area (Å²) in [6, 6.07) is 6.09. The molecule has 1 amide bonds. The lowest BCUT2D eigenvalue weighted by Crippen LogP contribution is -2.43. The number of carbonyl (C=O) groups excluding carboxylic acids is 1. The molecule has 142 valence electrons. The van der Waals surface area contributed by atoms with Crippen molar-refractivity contribution in [3.8, 4) is 0 Å². The molecule has 0 aliphatic rings. The molecule has 1 atom stereocenters. The Hall–Kier alpha value is -1.81. The first-order valence-corrected chi connectivity index (χ1v) is 10.5. The van der Waals surface area contributed by atoms with E-state index in [9.17, 15) is 13.2 Å². The highest BCUT2D eigenvalue weighted by molar-refractivity contribution is 7.89. The van der Waals surface area contributed by atoms with E-state index in [0.29, 0.717) is 19.5 Å². The van der Waals surface area contributed by atoms with Crippen LogP contribution in [0.1, 0.15) is 22.4 Å². The zero-order valence-electron chi connectivity index (χ0n) is 15.1. The minimum atomic E-state index is -3.68. The molecule has 7 nitrogen and oxygen atoms in total. The average molecular weight is 397 g/mol. The van der Waals surface area contributed by atoms with Gasteiger partial charge in [-0.25, -0.2) is 18.5 Å². The molecule has 0 aliphatic carbocycles. The number of nitrogens with zero attached hydrogens (tertiary/aromatic N) is 2. The van der Waals surface area contributed by atoms with Crippen LogP contribution in [0.2, 0.25) is 0 Å². The molecule has 2 rings (SSSR count). The quantitative estimate of drug-likeness (QED) is 0.699. The summed E-state index contributed by atoms with van der Waals surface area (Å²) in [5.41, 5.74) is 0.929. The van der Waals surface area contributed by atoms with Crippen molar-refractivity contribution in [3.63, 3.8) is 0 Å². The van der Waals surface area contributed by atoms with Crippen molar-refractivity contribution >= 4 is 27.3 Å². The molecule has 0 saturated carbocycles. The van der Waals surface area contributed by atoms with Gasteiger partial charge in [0, 0.05) is 24.2 Å². The number of aromatic nitrogens is 1. The normalized spacial score (nSPS) is 13.0. The largest absolute Gasteiger partial charge is 0.354 e. The van der Waals surface area contributed by atoms with E-state index >= 15 is 0 Å². The Kier molecular flexibility index (Phi) is 6.87. The summed E-state index contributed by atoms with van der Waals surface area (Å²) in [5.74, 6) is -0.0464. The van der Waals surface area contributed by atoms with E-state index in [1.807, 2.05) is 32.0 Å². The highest BCUT2D eigenvalue weighted by atomic mass is 32.2. The van der Waals surface area contributed by atoms with Crippen LogP contribution < -0.4 is 10.5 Å². The highest BCUT2D eigenvalue weighted by Gasteiger charge is 2.18. The van der Waals surface area contributed by atoms with Crippen LogP contribution in [0.25, 0.3) is 0 Å². The third-order valence-electron chi connectivity index (χ3n) is 4.08. The molecule has 1 aromatic carbocycles. The summed E-state index contributed by atoms with van der Waals surface area (Å²) in [6.45, 7) is 4.98. The second-order valence-electron chi connectivity index (χ2n) is 6.17. The predicted molar refractivity (Wildman–Crippen MR) is 102 cm³/mol. The number of nitrogens with one attached hydrogen (secondary N) is 1. The summed E-state index contributed by atoms with van der Waals surface area (Å²) in [4.78, 5) is 19.7. The predicted octanol–water partition coefficient (Wildman–Crippen LogP) is 1.28. The molecule has 0 aliphatic heterocycles. The standard InChI is InChI=1S/C17H24N4O3S2/c1-12(21(3)11-15-10-20-13(2)25-15)17(22)19-9-8-14-4-6-16(7-5-14)26(18,23)24/h4-7,10,12H,8-9,11H2,1-3H3,(H,19,22)(H2,18,23,24). The van der Waals surface area contributed by atoms with Crippen LogP contribution >= 0.6 is 11.3 Å². The third-order valence-corrected chi connectivity index (χ3v) is 5.91. The van der Waals surface area contributed by atoms with Crippen molar-refractivity contribution in [1.29, 1.82) is 0 Å². The van der Waals surface area contributed by atoms with E-state index in [0.717, 1.165) is 15.4 Å². The van der Waals surface area contributed by atoms with Crippen molar-refractivity contribution in [2.24, 2.45) is 5.14 Å². The number of hydrogen-bond acceptors (Lipinski definition) is 6. The third kappa shape index (κ3) is 5.87. The lowest BCUT2D eigenvalue weighted by molar-refractivity contribution is -0.125. The molecule has 0 fully saturated rings. The molecule has 0 bridgehead atoms. The van der Waals surface area contributed by atoms with E-state index in [-0.39, 0.29) is 16.8 Å². The number of carbonyl (C=O) groups is 1. The van der Waals surface area contributed by atoms with Gasteiger partial charge in [-0.3, -0.25) is 9.69 Å². The summed E-state index contributed by atoms with van der Waals surface area (Å²) in [6.07, 6.45) is 2.45. The SMILES string of the molecule is Cc1ncc(CN(C)C(C)C(=O)NCCc2ccc(S(N)(=O)=O)cc2)s1. The van der Waals surface area contributed by atoms with Crippen molar-refractivity contribution in [2.75, 3.05) is 13.6 Å².